The van der Waals surface area contributed by atoms with E-state index in [-0.39, 0.29) is 5.41 Å². The first-order chi connectivity index (χ1) is 8.30. The maximum absolute atomic E-state index is 10.4. The third-order valence-electron chi connectivity index (χ3n) is 2.83. The summed E-state index contributed by atoms with van der Waals surface area (Å²) < 4.78 is 1.61. The van der Waals surface area contributed by atoms with Gasteiger partial charge in [-0.3, -0.25) is 4.68 Å². The number of aliphatic hydroxyl groups is 1. The molecule has 3 nitrogen and oxygen atoms in total. The van der Waals surface area contributed by atoms with Gasteiger partial charge in [0.1, 0.15) is 6.10 Å². The topological polar surface area (TPSA) is 38.0 Å². The van der Waals surface area contributed by atoms with Crippen molar-refractivity contribution in [1.29, 1.82) is 0 Å². The summed E-state index contributed by atoms with van der Waals surface area (Å²) in [6.45, 7) is 6.48. The van der Waals surface area contributed by atoms with E-state index in [1.165, 1.54) is 4.88 Å². The number of nitrogens with zero attached hydrogens (tertiary/aromatic N) is 2. The number of rotatable bonds is 2. The van der Waals surface area contributed by atoms with Crippen molar-refractivity contribution in [2.45, 2.75) is 32.3 Å². The molecule has 0 aliphatic carbocycles. The van der Waals surface area contributed by atoms with Gasteiger partial charge in [-0.25, -0.2) is 0 Å². The molecule has 0 bridgehead atoms. The number of aromatic nitrogens is 2. The molecule has 0 saturated heterocycles. The lowest BCUT2D eigenvalue weighted by molar-refractivity contribution is 0.213. The molecule has 1 N–H and O–H groups in total. The van der Waals surface area contributed by atoms with E-state index in [4.69, 9.17) is 11.6 Å². The Labute approximate surface area is 116 Å². The number of hydrogen-bond donors (Lipinski definition) is 1. The zero-order chi connectivity index (χ0) is 13.5. The SMILES string of the molecule is Cn1ncc(Cl)c1C(O)c1ccc(C(C)(C)C)s1. The van der Waals surface area contributed by atoms with Crippen LogP contribution in [0.4, 0.5) is 0 Å². The number of halogens is 1. The van der Waals surface area contributed by atoms with Crippen molar-refractivity contribution >= 4 is 22.9 Å². The second-order valence-electron chi connectivity index (χ2n) is 5.36. The van der Waals surface area contributed by atoms with Gasteiger partial charge >= 0.3 is 0 Å². The highest BCUT2D eigenvalue weighted by molar-refractivity contribution is 7.12. The number of thiophene rings is 1. The van der Waals surface area contributed by atoms with Crippen molar-refractivity contribution in [2.24, 2.45) is 7.05 Å². The van der Waals surface area contributed by atoms with Crippen LogP contribution in [-0.4, -0.2) is 14.9 Å². The van der Waals surface area contributed by atoms with Gasteiger partial charge in [0.15, 0.2) is 0 Å². The summed E-state index contributed by atoms with van der Waals surface area (Å²) in [5.41, 5.74) is 0.734. The Morgan fingerprint density at radius 2 is 2.06 bits per heavy atom. The van der Waals surface area contributed by atoms with Crippen LogP contribution < -0.4 is 0 Å². The molecule has 2 aromatic heterocycles. The lowest BCUT2D eigenvalue weighted by Gasteiger charge is -2.16. The summed E-state index contributed by atoms with van der Waals surface area (Å²) in [6, 6.07) is 4.02. The van der Waals surface area contributed by atoms with E-state index in [2.05, 4.69) is 31.9 Å². The van der Waals surface area contributed by atoms with Gasteiger partial charge in [-0.15, -0.1) is 11.3 Å². The quantitative estimate of drug-likeness (QED) is 0.916. The van der Waals surface area contributed by atoms with Crippen LogP contribution in [0.25, 0.3) is 0 Å². The van der Waals surface area contributed by atoms with Gasteiger partial charge in [0.25, 0.3) is 0 Å². The minimum Gasteiger partial charge on any atom is -0.381 e. The average molecular weight is 285 g/mol. The Balaban J connectivity index is 2.35. The molecule has 0 spiro atoms. The highest BCUT2D eigenvalue weighted by atomic mass is 35.5. The first-order valence-corrected chi connectivity index (χ1v) is 6.96. The first-order valence-electron chi connectivity index (χ1n) is 5.76. The van der Waals surface area contributed by atoms with Crippen LogP contribution in [0.3, 0.4) is 0 Å². The van der Waals surface area contributed by atoms with Crippen LogP contribution in [0, 0.1) is 0 Å². The van der Waals surface area contributed by atoms with Gasteiger partial charge in [-0.2, -0.15) is 5.10 Å². The zero-order valence-corrected chi connectivity index (χ0v) is 12.5. The van der Waals surface area contributed by atoms with Gasteiger partial charge in [0.2, 0.25) is 0 Å². The summed E-state index contributed by atoms with van der Waals surface area (Å²) >= 11 is 7.66. The third-order valence-corrected chi connectivity index (χ3v) is 4.69. The summed E-state index contributed by atoms with van der Waals surface area (Å²) in [7, 11) is 1.78. The van der Waals surface area contributed by atoms with Gasteiger partial charge in [0.05, 0.1) is 16.9 Å². The number of hydrogen-bond acceptors (Lipinski definition) is 3. The van der Waals surface area contributed by atoms with Crippen molar-refractivity contribution in [1.82, 2.24) is 9.78 Å². The molecular weight excluding hydrogens is 268 g/mol. The van der Waals surface area contributed by atoms with E-state index in [1.807, 2.05) is 6.07 Å². The Kier molecular flexibility index (Phi) is 3.54. The minimum atomic E-state index is -0.717. The lowest BCUT2D eigenvalue weighted by atomic mass is 9.95. The second-order valence-corrected chi connectivity index (χ2v) is 6.88. The molecule has 2 heterocycles. The van der Waals surface area contributed by atoms with E-state index in [1.54, 1.807) is 29.3 Å². The van der Waals surface area contributed by atoms with Crippen LogP contribution >= 0.6 is 22.9 Å². The molecule has 5 heteroatoms. The normalized spacial score (nSPS) is 13.9. The van der Waals surface area contributed by atoms with Gasteiger partial charge in [0, 0.05) is 16.8 Å². The lowest BCUT2D eigenvalue weighted by Crippen LogP contribution is -2.08. The van der Waals surface area contributed by atoms with Crippen molar-refractivity contribution in [3.8, 4) is 0 Å². The number of aliphatic hydroxyl groups excluding tert-OH is 1. The van der Waals surface area contributed by atoms with Gasteiger partial charge in [-0.05, 0) is 17.5 Å². The fourth-order valence-electron chi connectivity index (χ4n) is 1.77. The van der Waals surface area contributed by atoms with Gasteiger partial charge in [-0.1, -0.05) is 32.4 Å². The number of aryl methyl sites for hydroxylation is 1. The largest absolute Gasteiger partial charge is 0.381 e. The van der Waals surface area contributed by atoms with E-state index in [0.29, 0.717) is 10.7 Å². The second kappa shape index (κ2) is 4.68. The Morgan fingerprint density at radius 1 is 1.39 bits per heavy atom. The van der Waals surface area contributed by atoms with Crippen molar-refractivity contribution < 1.29 is 5.11 Å². The molecule has 2 rings (SSSR count). The fraction of sp³-hybridized carbons (Fsp3) is 0.462. The monoisotopic (exact) mass is 284 g/mol. The Morgan fingerprint density at radius 3 is 2.50 bits per heavy atom. The Bertz CT molecular complexity index is 534. The maximum atomic E-state index is 10.4. The van der Waals surface area contributed by atoms with Crippen LogP contribution in [0.5, 0.6) is 0 Å². The predicted molar refractivity (Wildman–Crippen MR) is 75.3 cm³/mol. The highest BCUT2D eigenvalue weighted by Gasteiger charge is 2.23. The van der Waals surface area contributed by atoms with Crippen LogP contribution in [0.2, 0.25) is 5.02 Å². The molecule has 1 atom stereocenters. The third kappa shape index (κ3) is 2.46. The Hall–Kier alpha value is -0.840. The summed E-state index contributed by atoms with van der Waals surface area (Å²) in [6.07, 6.45) is 0.837. The molecule has 0 aromatic carbocycles. The predicted octanol–water partition coefficient (Wildman–Crippen LogP) is 3.51. The van der Waals surface area contributed by atoms with E-state index in [0.717, 1.165) is 4.88 Å². The smallest absolute Gasteiger partial charge is 0.131 e. The maximum Gasteiger partial charge on any atom is 0.131 e. The van der Waals surface area contributed by atoms with Crippen LogP contribution in [0.15, 0.2) is 18.3 Å². The molecule has 0 aliphatic heterocycles. The van der Waals surface area contributed by atoms with Crippen molar-refractivity contribution in [2.75, 3.05) is 0 Å². The molecule has 98 valence electrons. The van der Waals surface area contributed by atoms with E-state index in [9.17, 15) is 5.11 Å². The molecule has 0 fully saturated rings. The van der Waals surface area contributed by atoms with E-state index >= 15 is 0 Å². The zero-order valence-electron chi connectivity index (χ0n) is 10.9. The average Bonchev–Trinajstić information content (AvgIpc) is 2.84. The summed E-state index contributed by atoms with van der Waals surface area (Å²) in [5, 5.41) is 14.9. The molecule has 1 unspecified atom stereocenters. The molecule has 0 saturated carbocycles. The minimum absolute atomic E-state index is 0.0961. The molecule has 18 heavy (non-hydrogen) atoms. The first kappa shape index (κ1) is 13.6. The fourth-order valence-corrected chi connectivity index (χ4v) is 3.09. The van der Waals surface area contributed by atoms with Crippen LogP contribution in [0.1, 0.15) is 42.3 Å². The van der Waals surface area contributed by atoms with E-state index < -0.39 is 6.10 Å². The summed E-state index contributed by atoms with van der Waals surface area (Å²) in [5.74, 6) is 0. The standard InChI is InChI=1S/C13H17ClN2OS/c1-13(2,3)10-6-5-9(18-10)12(17)11-8(14)7-15-16(11)4/h5-7,12,17H,1-4H3. The van der Waals surface area contributed by atoms with Crippen LogP contribution in [-0.2, 0) is 12.5 Å². The van der Waals surface area contributed by atoms with Crippen molar-refractivity contribution in [3.63, 3.8) is 0 Å². The van der Waals surface area contributed by atoms with Gasteiger partial charge < -0.3 is 5.11 Å². The van der Waals surface area contributed by atoms with Crippen molar-refractivity contribution in [3.05, 3.63) is 38.8 Å². The molecule has 2 aromatic rings. The molecule has 0 radical (unpaired) electrons. The molecule has 0 aliphatic rings. The molecular formula is C13H17ClN2OS. The highest BCUT2D eigenvalue weighted by Crippen LogP contribution is 2.36. The summed E-state index contributed by atoms with van der Waals surface area (Å²) in [4.78, 5) is 2.14. The molecule has 0 amide bonds.